The van der Waals surface area contributed by atoms with Crippen LogP contribution < -0.4 is 5.32 Å². The average Bonchev–Trinajstić information content (AvgIpc) is 2.71. The molecule has 0 saturated carbocycles. The number of amides is 2. The molecule has 1 aliphatic rings. The molecule has 17 heavy (non-hydrogen) atoms. The number of alkyl halides is 1. The molecule has 0 radical (unpaired) electrons. The summed E-state index contributed by atoms with van der Waals surface area (Å²) in [6.45, 7) is 1.26. The molecule has 0 bridgehead atoms. The van der Waals surface area contributed by atoms with Crippen molar-refractivity contribution < 1.29 is 4.79 Å². The van der Waals surface area contributed by atoms with Gasteiger partial charge in [0.15, 0.2) is 5.11 Å². The fourth-order valence-corrected chi connectivity index (χ4v) is 2.23. The lowest BCUT2D eigenvalue weighted by molar-refractivity contribution is 0.237. The van der Waals surface area contributed by atoms with E-state index in [-0.39, 0.29) is 6.03 Å². The van der Waals surface area contributed by atoms with Crippen LogP contribution in [0.5, 0.6) is 0 Å². The number of para-hydroxylation sites is 1. The summed E-state index contributed by atoms with van der Waals surface area (Å²) in [6, 6.07) is 9.38. The Balaban J connectivity index is 2.00. The minimum atomic E-state index is -0.214. The van der Waals surface area contributed by atoms with Gasteiger partial charge in [0.1, 0.15) is 0 Å². The molecule has 1 fully saturated rings. The molecule has 6 heteroatoms. The highest BCUT2D eigenvalue weighted by Gasteiger charge is 2.28. The number of thiocarbonyl (C=S) groups is 1. The predicted octanol–water partition coefficient (Wildman–Crippen LogP) is 2.32. The number of nitrogens with zero attached hydrogens (tertiary/aromatic N) is 2. The molecule has 0 aliphatic carbocycles. The topological polar surface area (TPSA) is 35.6 Å². The quantitative estimate of drug-likeness (QED) is 0.508. The molecule has 1 aromatic carbocycles. The van der Waals surface area contributed by atoms with Crippen molar-refractivity contribution in [3.05, 3.63) is 30.3 Å². The summed E-state index contributed by atoms with van der Waals surface area (Å²) in [4.78, 5) is 15.2. The van der Waals surface area contributed by atoms with E-state index in [0.717, 1.165) is 5.69 Å². The molecule has 1 aliphatic heterocycles. The first-order valence-corrected chi connectivity index (χ1v) is 6.15. The third kappa shape index (κ3) is 2.68. The van der Waals surface area contributed by atoms with Crippen LogP contribution in [-0.4, -0.2) is 40.0 Å². The highest BCUT2D eigenvalue weighted by Crippen LogP contribution is 2.13. The molecule has 0 unspecified atom stereocenters. The van der Waals surface area contributed by atoms with E-state index in [1.54, 1.807) is 4.90 Å². The van der Waals surface area contributed by atoms with E-state index in [2.05, 4.69) is 5.32 Å². The van der Waals surface area contributed by atoms with E-state index in [1.807, 2.05) is 30.3 Å². The second kappa shape index (κ2) is 5.33. The first-order valence-electron chi connectivity index (χ1n) is 5.21. The molecule has 2 amide bonds. The van der Waals surface area contributed by atoms with Crippen LogP contribution in [0.2, 0.25) is 0 Å². The summed E-state index contributed by atoms with van der Waals surface area (Å²) in [5.41, 5.74) is 0.754. The fraction of sp³-hybridized carbons (Fsp3) is 0.273. The van der Waals surface area contributed by atoms with E-state index in [0.29, 0.717) is 24.2 Å². The number of carbonyl (C=O) groups excluding carboxylic acids is 1. The number of hydrogen-bond donors (Lipinski definition) is 1. The first kappa shape index (κ1) is 12.1. The summed E-state index contributed by atoms with van der Waals surface area (Å²) in [5, 5.41) is 3.27. The Bertz CT molecular complexity index is 426. The van der Waals surface area contributed by atoms with E-state index in [1.165, 1.54) is 4.90 Å². The fourth-order valence-electron chi connectivity index (χ4n) is 1.59. The van der Waals surface area contributed by atoms with E-state index in [9.17, 15) is 4.79 Å². The van der Waals surface area contributed by atoms with Gasteiger partial charge in [-0.2, -0.15) is 0 Å². The second-order valence-electron chi connectivity index (χ2n) is 3.61. The summed E-state index contributed by atoms with van der Waals surface area (Å²) in [5.74, 6) is 0. The Morgan fingerprint density at radius 1 is 1.35 bits per heavy atom. The zero-order valence-electron chi connectivity index (χ0n) is 9.10. The molecule has 90 valence electrons. The van der Waals surface area contributed by atoms with Crippen molar-refractivity contribution >= 4 is 40.6 Å². The van der Waals surface area contributed by atoms with E-state index >= 15 is 0 Å². The zero-order valence-corrected chi connectivity index (χ0v) is 10.7. The molecular weight excluding hydrogens is 258 g/mol. The lowest BCUT2D eigenvalue weighted by atomic mass is 10.3. The predicted molar refractivity (Wildman–Crippen MR) is 72.2 cm³/mol. The van der Waals surface area contributed by atoms with Crippen molar-refractivity contribution in [3.63, 3.8) is 0 Å². The van der Waals surface area contributed by atoms with Crippen LogP contribution >= 0.6 is 23.8 Å². The van der Waals surface area contributed by atoms with Crippen molar-refractivity contribution in [1.29, 1.82) is 0 Å². The number of nitrogens with one attached hydrogen (secondary N) is 1. The summed E-state index contributed by atoms with van der Waals surface area (Å²) in [6.07, 6.45) is 0. The van der Waals surface area contributed by atoms with Gasteiger partial charge in [-0.05, 0) is 24.4 Å². The Hall–Kier alpha value is -1.33. The lowest BCUT2D eigenvalue weighted by Crippen LogP contribution is -2.38. The van der Waals surface area contributed by atoms with Crippen molar-refractivity contribution in [2.45, 2.75) is 0 Å². The lowest BCUT2D eigenvalue weighted by Gasteiger charge is -2.18. The maximum absolute atomic E-state index is 11.9. The van der Waals surface area contributed by atoms with Crippen LogP contribution in [0.25, 0.3) is 0 Å². The van der Waals surface area contributed by atoms with Gasteiger partial charge in [0.25, 0.3) is 0 Å². The van der Waals surface area contributed by atoms with Gasteiger partial charge in [0.05, 0.1) is 6.00 Å². The molecule has 1 saturated heterocycles. The summed E-state index contributed by atoms with van der Waals surface area (Å²) in [7, 11) is 0. The van der Waals surface area contributed by atoms with Crippen LogP contribution in [0.1, 0.15) is 0 Å². The third-order valence-corrected chi connectivity index (χ3v) is 3.28. The first-order chi connectivity index (χ1) is 8.22. The maximum Gasteiger partial charge on any atom is 0.328 e. The molecule has 4 nitrogen and oxygen atoms in total. The Morgan fingerprint density at radius 2 is 2.06 bits per heavy atom. The minimum absolute atomic E-state index is 0.214. The number of benzene rings is 1. The standard InChI is InChI=1S/C11H12ClN3OS/c12-8-14-6-7-15(11(14)17)10(16)13-9-4-2-1-3-5-9/h1-5H,6-8H2,(H,13,16). The number of anilines is 1. The van der Waals surface area contributed by atoms with Crippen molar-refractivity contribution in [2.24, 2.45) is 0 Å². The molecule has 0 atom stereocenters. The monoisotopic (exact) mass is 269 g/mol. The average molecular weight is 270 g/mol. The zero-order chi connectivity index (χ0) is 12.3. The number of halogens is 1. The van der Waals surface area contributed by atoms with Gasteiger partial charge in [-0.15, -0.1) is 11.6 Å². The largest absolute Gasteiger partial charge is 0.333 e. The van der Waals surface area contributed by atoms with Crippen LogP contribution in [0.3, 0.4) is 0 Å². The third-order valence-electron chi connectivity index (χ3n) is 2.51. The smallest absolute Gasteiger partial charge is 0.328 e. The highest BCUT2D eigenvalue weighted by atomic mass is 35.5. The van der Waals surface area contributed by atoms with Gasteiger partial charge in [-0.25, -0.2) is 4.79 Å². The van der Waals surface area contributed by atoms with Gasteiger partial charge in [-0.3, -0.25) is 4.90 Å². The minimum Gasteiger partial charge on any atom is -0.333 e. The van der Waals surface area contributed by atoms with Crippen molar-refractivity contribution in [3.8, 4) is 0 Å². The van der Waals surface area contributed by atoms with Gasteiger partial charge in [-0.1, -0.05) is 18.2 Å². The number of carbonyl (C=O) groups is 1. The van der Waals surface area contributed by atoms with Crippen LogP contribution in [0.15, 0.2) is 30.3 Å². The molecule has 0 spiro atoms. The van der Waals surface area contributed by atoms with E-state index < -0.39 is 0 Å². The van der Waals surface area contributed by atoms with Gasteiger partial charge < -0.3 is 10.2 Å². The molecule has 1 N–H and O–H groups in total. The van der Waals surface area contributed by atoms with Gasteiger partial charge in [0, 0.05) is 18.8 Å². The van der Waals surface area contributed by atoms with Crippen molar-refractivity contribution in [1.82, 2.24) is 9.80 Å². The Kier molecular flexibility index (Phi) is 3.81. The summed E-state index contributed by atoms with van der Waals surface area (Å²) < 4.78 is 0. The van der Waals surface area contributed by atoms with E-state index in [4.69, 9.17) is 23.8 Å². The highest BCUT2D eigenvalue weighted by molar-refractivity contribution is 7.80. The molecule has 0 aromatic heterocycles. The molecule has 1 heterocycles. The van der Waals surface area contributed by atoms with Crippen LogP contribution in [0, 0.1) is 0 Å². The van der Waals surface area contributed by atoms with Gasteiger partial charge >= 0.3 is 6.03 Å². The van der Waals surface area contributed by atoms with Crippen LogP contribution in [0.4, 0.5) is 10.5 Å². The summed E-state index contributed by atoms with van der Waals surface area (Å²) >= 11 is 10.9. The second-order valence-corrected chi connectivity index (χ2v) is 4.22. The molecule has 1 aromatic rings. The normalized spacial score (nSPS) is 15.2. The number of rotatable bonds is 2. The molecule has 2 rings (SSSR count). The number of urea groups is 1. The SMILES string of the molecule is O=C(Nc1ccccc1)N1CCN(CCl)C1=S. The Labute approximate surface area is 110 Å². The molecular formula is C11H12ClN3OS. The van der Waals surface area contributed by atoms with Gasteiger partial charge in [0.2, 0.25) is 0 Å². The van der Waals surface area contributed by atoms with Crippen LogP contribution in [-0.2, 0) is 0 Å². The van der Waals surface area contributed by atoms with Crippen molar-refractivity contribution in [2.75, 3.05) is 24.4 Å². The Morgan fingerprint density at radius 3 is 2.65 bits per heavy atom. The number of hydrogen-bond acceptors (Lipinski definition) is 2. The maximum atomic E-state index is 11.9.